The molecule has 0 aliphatic rings. The molecule has 8 heteroatoms. The highest BCUT2D eigenvalue weighted by Crippen LogP contribution is 2.18. The fraction of sp³-hybridized carbons (Fsp3) is 0.111. The molecule has 17 heavy (non-hydrogen) atoms. The van der Waals surface area contributed by atoms with Crippen molar-refractivity contribution < 1.29 is 28.9 Å². The second-order valence-corrected chi connectivity index (χ2v) is 2.60. The highest BCUT2D eigenvalue weighted by Gasteiger charge is 2.04. The number of aliphatic carboxylic acids is 2. The van der Waals surface area contributed by atoms with E-state index in [1.54, 1.807) is 6.07 Å². The van der Waals surface area contributed by atoms with Crippen LogP contribution in [0.25, 0.3) is 0 Å². The lowest BCUT2D eigenvalue weighted by atomic mass is 10.3. The Morgan fingerprint density at radius 1 is 1.35 bits per heavy atom. The number of nitrogen functional groups attached to an aromatic ring is 1. The van der Waals surface area contributed by atoms with Crippen molar-refractivity contribution >= 4 is 17.6 Å². The number of hydrogen-bond donors (Lipinski definition) is 4. The molecule has 0 aliphatic carbocycles. The predicted molar refractivity (Wildman–Crippen MR) is 56.0 cm³/mol. The lowest BCUT2D eigenvalue weighted by molar-refractivity contribution is -0.159. The fourth-order valence-corrected chi connectivity index (χ4v) is 0.740. The number of hydrogen-bond acceptors (Lipinski definition) is 5. The third-order valence-electron chi connectivity index (χ3n) is 1.51. The SMILES string of the molecule is COc1ccc(NN)c(F)c1.O=C(O)C(=O)O. The molecule has 0 spiro atoms. The van der Waals surface area contributed by atoms with Crippen molar-refractivity contribution in [1.82, 2.24) is 0 Å². The molecule has 0 saturated heterocycles. The largest absolute Gasteiger partial charge is 0.497 e. The van der Waals surface area contributed by atoms with Crippen molar-refractivity contribution in [2.24, 2.45) is 5.84 Å². The summed E-state index contributed by atoms with van der Waals surface area (Å²) in [6.45, 7) is 0. The van der Waals surface area contributed by atoms with E-state index in [-0.39, 0.29) is 5.69 Å². The van der Waals surface area contributed by atoms with Gasteiger partial charge in [0.25, 0.3) is 0 Å². The summed E-state index contributed by atoms with van der Waals surface area (Å²) < 4.78 is 17.6. The maximum atomic E-state index is 12.8. The zero-order valence-electron chi connectivity index (χ0n) is 8.81. The Kier molecular flexibility index (Phi) is 6.04. The van der Waals surface area contributed by atoms with Gasteiger partial charge in [0, 0.05) is 6.07 Å². The quantitative estimate of drug-likeness (QED) is 0.335. The maximum absolute atomic E-state index is 12.8. The number of halogens is 1. The van der Waals surface area contributed by atoms with Crippen LogP contribution in [0.4, 0.5) is 10.1 Å². The van der Waals surface area contributed by atoms with Gasteiger partial charge in [-0.05, 0) is 12.1 Å². The second-order valence-electron chi connectivity index (χ2n) is 2.60. The summed E-state index contributed by atoms with van der Waals surface area (Å²) in [6.07, 6.45) is 0. The van der Waals surface area contributed by atoms with Crippen molar-refractivity contribution in [2.45, 2.75) is 0 Å². The van der Waals surface area contributed by atoms with Gasteiger partial charge in [-0.25, -0.2) is 14.0 Å². The smallest absolute Gasteiger partial charge is 0.414 e. The number of carboxylic acid groups (broad SMARTS) is 2. The van der Waals surface area contributed by atoms with Crippen LogP contribution in [0, 0.1) is 5.82 Å². The highest BCUT2D eigenvalue weighted by molar-refractivity contribution is 6.27. The number of methoxy groups -OCH3 is 1. The van der Waals surface area contributed by atoms with Crippen LogP contribution in [0.1, 0.15) is 0 Å². The van der Waals surface area contributed by atoms with E-state index in [2.05, 4.69) is 5.43 Å². The van der Waals surface area contributed by atoms with Gasteiger partial charge in [-0.2, -0.15) is 0 Å². The van der Waals surface area contributed by atoms with Gasteiger partial charge in [-0.15, -0.1) is 0 Å². The molecule has 0 bridgehead atoms. The minimum atomic E-state index is -1.82. The number of rotatable bonds is 2. The molecule has 0 heterocycles. The number of ether oxygens (including phenoxy) is 1. The third kappa shape index (κ3) is 5.33. The maximum Gasteiger partial charge on any atom is 0.414 e. The Bertz CT molecular complexity index is 398. The van der Waals surface area contributed by atoms with Gasteiger partial charge in [-0.1, -0.05) is 0 Å². The predicted octanol–water partition coefficient (Wildman–Crippen LogP) is 0.276. The van der Waals surface area contributed by atoms with E-state index in [9.17, 15) is 4.39 Å². The van der Waals surface area contributed by atoms with Crippen molar-refractivity contribution in [1.29, 1.82) is 0 Å². The Hall–Kier alpha value is -2.35. The molecular weight excluding hydrogens is 235 g/mol. The summed E-state index contributed by atoms with van der Waals surface area (Å²) in [5, 5.41) is 14.8. The van der Waals surface area contributed by atoms with E-state index in [1.807, 2.05) is 0 Å². The summed E-state index contributed by atoms with van der Waals surface area (Å²) in [4.78, 5) is 18.2. The average molecular weight is 246 g/mol. The minimum Gasteiger partial charge on any atom is -0.497 e. The van der Waals surface area contributed by atoms with Crippen LogP contribution in [0.3, 0.4) is 0 Å². The molecule has 1 aromatic rings. The van der Waals surface area contributed by atoms with E-state index >= 15 is 0 Å². The molecule has 0 atom stereocenters. The molecule has 1 rings (SSSR count). The Labute approximate surface area is 95.6 Å². The number of nitrogens with one attached hydrogen (secondary N) is 1. The third-order valence-corrected chi connectivity index (χ3v) is 1.51. The van der Waals surface area contributed by atoms with E-state index in [1.165, 1.54) is 19.2 Å². The molecule has 0 unspecified atom stereocenters. The lowest BCUT2D eigenvalue weighted by Crippen LogP contribution is -2.09. The van der Waals surface area contributed by atoms with E-state index in [0.717, 1.165) is 0 Å². The van der Waals surface area contributed by atoms with Crippen LogP contribution >= 0.6 is 0 Å². The van der Waals surface area contributed by atoms with Gasteiger partial charge < -0.3 is 20.4 Å². The molecule has 0 aliphatic heterocycles. The first kappa shape index (κ1) is 14.7. The van der Waals surface area contributed by atoms with E-state index in [0.29, 0.717) is 5.75 Å². The van der Waals surface area contributed by atoms with Crippen LogP contribution in [0.15, 0.2) is 18.2 Å². The van der Waals surface area contributed by atoms with Gasteiger partial charge >= 0.3 is 11.9 Å². The number of carbonyl (C=O) groups is 2. The monoisotopic (exact) mass is 246 g/mol. The first-order chi connectivity index (χ1) is 7.92. The minimum absolute atomic E-state index is 0.255. The lowest BCUT2D eigenvalue weighted by Gasteiger charge is -2.03. The van der Waals surface area contributed by atoms with Gasteiger partial charge in [0.2, 0.25) is 0 Å². The Morgan fingerprint density at radius 2 is 1.88 bits per heavy atom. The van der Waals surface area contributed by atoms with Crippen molar-refractivity contribution in [3.8, 4) is 5.75 Å². The molecule has 0 aromatic heterocycles. The van der Waals surface area contributed by atoms with Crippen molar-refractivity contribution in [2.75, 3.05) is 12.5 Å². The van der Waals surface area contributed by atoms with E-state index < -0.39 is 17.8 Å². The standard InChI is InChI=1S/C7H9FN2O.C2H2O4/c1-11-5-2-3-7(10-9)6(8)4-5;3-1(4)2(5)6/h2-4,10H,9H2,1H3;(H,3,4)(H,5,6). The van der Waals surface area contributed by atoms with E-state index in [4.69, 9.17) is 30.4 Å². The van der Waals surface area contributed by atoms with Gasteiger partial charge in [0.05, 0.1) is 12.8 Å². The molecule has 5 N–H and O–H groups in total. The molecule has 0 saturated carbocycles. The molecule has 94 valence electrons. The summed E-state index contributed by atoms with van der Waals surface area (Å²) in [6, 6.07) is 4.39. The molecule has 0 amide bonds. The van der Waals surface area contributed by atoms with Gasteiger partial charge in [0.15, 0.2) is 5.82 Å². The van der Waals surface area contributed by atoms with Gasteiger partial charge in [0.1, 0.15) is 5.75 Å². The Morgan fingerprint density at radius 3 is 2.18 bits per heavy atom. The molecule has 1 aromatic carbocycles. The number of carboxylic acids is 2. The Balaban J connectivity index is 0.000000366. The zero-order chi connectivity index (χ0) is 13.4. The number of benzene rings is 1. The normalized spacial score (nSPS) is 8.65. The number of hydrazine groups is 1. The van der Waals surface area contributed by atoms with Crippen molar-refractivity contribution in [3.05, 3.63) is 24.0 Å². The van der Waals surface area contributed by atoms with Crippen LogP contribution in [0.2, 0.25) is 0 Å². The fourth-order valence-electron chi connectivity index (χ4n) is 0.740. The molecule has 7 nitrogen and oxygen atoms in total. The molecule has 0 fully saturated rings. The number of nitrogens with two attached hydrogens (primary N) is 1. The summed E-state index contributed by atoms with van der Waals surface area (Å²) >= 11 is 0. The van der Waals surface area contributed by atoms with Crippen LogP contribution in [-0.4, -0.2) is 29.3 Å². The topological polar surface area (TPSA) is 122 Å². The van der Waals surface area contributed by atoms with Crippen LogP contribution in [0.5, 0.6) is 5.75 Å². The molecular formula is C9H11FN2O5. The van der Waals surface area contributed by atoms with Gasteiger partial charge in [-0.3, -0.25) is 5.84 Å². The molecule has 0 radical (unpaired) electrons. The summed E-state index contributed by atoms with van der Waals surface area (Å²) in [5.74, 6) is 1.41. The first-order valence-electron chi connectivity index (χ1n) is 4.18. The van der Waals surface area contributed by atoms with Crippen LogP contribution < -0.4 is 16.0 Å². The van der Waals surface area contributed by atoms with Crippen molar-refractivity contribution in [3.63, 3.8) is 0 Å². The highest BCUT2D eigenvalue weighted by atomic mass is 19.1. The first-order valence-corrected chi connectivity index (χ1v) is 4.18. The number of anilines is 1. The summed E-state index contributed by atoms with van der Waals surface area (Å²) in [5.41, 5.74) is 2.47. The average Bonchev–Trinajstić information content (AvgIpc) is 2.29. The second kappa shape index (κ2) is 7.01. The summed E-state index contributed by atoms with van der Waals surface area (Å²) in [7, 11) is 1.48. The zero-order valence-corrected chi connectivity index (χ0v) is 8.81. The van der Waals surface area contributed by atoms with Crippen LogP contribution in [-0.2, 0) is 9.59 Å².